The number of thiophene rings is 1. The lowest BCUT2D eigenvalue weighted by Crippen LogP contribution is -2.51. The lowest BCUT2D eigenvalue weighted by atomic mass is 9.67. The zero-order chi connectivity index (χ0) is 40.4. The van der Waals surface area contributed by atoms with Crippen LogP contribution in [0.5, 0.6) is 0 Å². The molecule has 3 aromatic heterocycles. The molecule has 4 fully saturated rings. The second-order valence-corrected chi connectivity index (χ2v) is 18.9. The fraction of sp³-hybridized carbons (Fsp3) is 0.533. The molecule has 12 nitrogen and oxygen atoms in total. The summed E-state index contributed by atoms with van der Waals surface area (Å²) >= 11 is 1.83. The smallest absolute Gasteiger partial charge is 0.407 e. The number of methoxy groups -OCH3 is 1. The SMILES string of the molecule is COC(=O)NC(C(=O)N1CCCC1c1nc2ccc(C3=CC=C(c4ccc(-c5cnc(C6CCCN6C(=O)C(N)C(C)C)[nH]5)s4)C4C5CCC(C5)C34)cc2[nH]1)C(C)C. The summed E-state index contributed by atoms with van der Waals surface area (Å²) in [7, 11) is 1.31. The van der Waals surface area contributed by atoms with Crippen LogP contribution in [0.4, 0.5) is 4.79 Å². The van der Waals surface area contributed by atoms with E-state index < -0.39 is 18.2 Å². The molecule has 8 unspecified atom stereocenters. The first-order valence-corrected chi connectivity index (χ1v) is 22.1. The second kappa shape index (κ2) is 15.4. The molecule has 5 heterocycles. The number of aromatic nitrogens is 4. The molecular formula is C45H56N8O4S. The predicted octanol–water partition coefficient (Wildman–Crippen LogP) is 7.85. The van der Waals surface area contributed by atoms with Gasteiger partial charge in [-0.1, -0.05) is 45.9 Å². The van der Waals surface area contributed by atoms with Crippen LogP contribution in [0.15, 0.2) is 48.7 Å². The number of nitrogens with zero attached hydrogens (tertiary/aromatic N) is 4. The lowest BCUT2D eigenvalue weighted by molar-refractivity contribution is -0.136. The number of hydrogen-bond donors (Lipinski definition) is 4. The van der Waals surface area contributed by atoms with E-state index in [0.717, 1.165) is 58.9 Å². The number of ether oxygens (including phenoxy) is 1. The van der Waals surface area contributed by atoms with Crippen LogP contribution in [-0.2, 0) is 14.3 Å². The fourth-order valence-electron chi connectivity index (χ4n) is 10.7. The molecule has 5 N–H and O–H groups in total. The topological polar surface area (TPSA) is 162 Å². The number of alkyl carbamates (subject to hydrolysis) is 1. The minimum atomic E-state index is -0.672. The second-order valence-electron chi connectivity index (χ2n) is 17.8. The van der Waals surface area contributed by atoms with Crippen molar-refractivity contribution in [3.05, 3.63) is 70.8 Å². The Morgan fingerprint density at radius 1 is 0.845 bits per heavy atom. The van der Waals surface area contributed by atoms with Crippen LogP contribution in [0.2, 0.25) is 0 Å². The van der Waals surface area contributed by atoms with Gasteiger partial charge in [-0.25, -0.2) is 14.8 Å². The summed E-state index contributed by atoms with van der Waals surface area (Å²) in [5.41, 5.74) is 13.2. The molecule has 306 valence electrons. The Hall–Kier alpha value is -4.75. The molecule has 58 heavy (non-hydrogen) atoms. The van der Waals surface area contributed by atoms with Crippen LogP contribution in [0.3, 0.4) is 0 Å². The van der Waals surface area contributed by atoms with Gasteiger partial charge in [0, 0.05) is 18.0 Å². The van der Waals surface area contributed by atoms with E-state index in [1.165, 1.54) is 48.0 Å². The number of aromatic amines is 2. The summed E-state index contributed by atoms with van der Waals surface area (Å²) in [5.74, 6) is 3.81. The van der Waals surface area contributed by atoms with Crippen LogP contribution < -0.4 is 11.1 Å². The molecule has 9 rings (SSSR count). The van der Waals surface area contributed by atoms with Gasteiger partial charge in [0.15, 0.2) is 0 Å². The number of allylic oxidation sites excluding steroid dienone is 4. The zero-order valence-electron chi connectivity index (χ0n) is 34.2. The van der Waals surface area contributed by atoms with Crippen LogP contribution in [0.1, 0.15) is 107 Å². The van der Waals surface area contributed by atoms with Gasteiger partial charge in [0.05, 0.1) is 53.0 Å². The molecule has 2 saturated heterocycles. The highest BCUT2D eigenvalue weighted by Crippen LogP contribution is 2.62. The minimum Gasteiger partial charge on any atom is -0.453 e. The standard InChI is InChI=1S/C45H56N8O4S/c1-23(2)39(46)43(54)52-18-6-8-33(52)41-47-22-32(50-41)36-17-16-35(58-36)29-14-13-28(37-26-10-11-27(20-26)38(29)37)25-12-15-30-31(21-25)49-42(48-30)34-9-7-19-53(34)44(55)40(24(3)4)51-45(56)57-5/h12-17,21-24,26-27,33-34,37-40H,6-11,18-20,46H2,1-5H3,(H,47,50)(H,48,49)(H,51,56). The number of likely N-dealkylation sites (tertiary alicyclic amines) is 2. The molecular weight excluding hydrogens is 749 g/mol. The van der Waals surface area contributed by atoms with Crippen molar-refractivity contribution in [2.75, 3.05) is 20.2 Å². The van der Waals surface area contributed by atoms with Crippen molar-refractivity contribution in [2.24, 2.45) is 41.2 Å². The third-order valence-electron chi connectivity index (χ3n) is 13.8. The Morgan fingerprint density at radius 3 is 2.22 bits per heavy atom. The number of rotatable bonds is 10. The van der Waals surface area contributed by atoms with Crippen molar-refractivity contribution in [3.63, 3.8) is 0 Å². The van der Waals surface area contributed by atoms with Gasteiger partial charge in [-0.2, -0.15) is 0 Å². The Bertz CT molecular complexity index is 2280. The highest BCUT2D eigenvalue weighted by atomic mass is 32.1. The van der Waals surface area contributed by atoms with E-state index >= 15 is 0 Å². The first-order valence-electron chi connectivity index (χ1n) is 21.3. The number of benzene rings is 1. The molecule has 5 aliphatic rings. The molecule has 8 atom stereocenters. The zero-order valence-corrected chi connectivity index (χ0v) is 35.0. The van der Waals surface area contributed by atoms with Gasteiger partial charge >= 0.3 is 6.09 Å². The van der Waals surface area contributed by atoms with Crippen molar-refractivity contribution in [3.8, 4) is 10.6 Å². The van der Waals surface area contributed by atoms with Crippen molar-refractivity contribution >= 4 is 51.4 Å². The average molecular weight is 805 g/mol. The number of fused-ring (bicyclic) bond motifs is 6. The molecule has 2 bridgehead atoms. The van der Waals surface area contributed by atoms with Crippen LogP contribution in [0.25, 0.3) is 32.8 Å². The highest BCUT2D eigenvalue weighted by molar-refractivity contribution is 7.16. The van der Waals surface area contributed by atoms with E-state index in [9.17, 15) is 14.4 Å². The van der Waals surface area contributed by atoms with Gasteiger partial charge in [-0.3, -0.25) is 9.59 Å². The van der Waals surface area contributed by atoms with Crippen LogP contribution in [0, 0.1) is 35.5 Å². The summed E-state index contributed by atoms with van der Waals surface area (Å²) in [6, 6.07) is 9.67. The Kier molecular flexibility index (Phi) is 10.3. The van der Waals surface area contributed by atoms with E-state index in [1.807, 2.05) is 55.0 Å². The third kappa shape index (κ3) is 6.77. The van der Waals surface area contributed by atoms with Gasteiger partial charge < -0.3 is 35.6 Å². The number of hydrogen-bond acceptors (Lipinski definition) is 8. The van der Waals surface area contributed by atoms with E-state index in [2.05, 4.69) is 57.8 Å². The summed E-state index contributed by atoms with van der Waals surface area (Å²) in [6.45, 7) is 9.19. The average Bonchev–Trinajstić information content (AvgIpc) is 4.08. The summed E-state index contributed by atoms with van der Waals surface area (Å²) in [6.07, 6.45) is 13.4. The van der Waals surface area contributed by atoms with Crippen molar-refractivity contribution < 1.29 is 19.1 Å². The van der Waals surface area contributed by atoms with E-state index in [1.54, 1.807) is 0 Å². The molecule has 0 spiro atoms. The maximum Gasteiger partial charge on any atom is 0.407 e. The fourth-order valence-corrected chi connectivity index (χ4v) is 11.8. The van der Waals surface area contributed by atoms with Crippen LogP contribution in [-0.4, -0.2) is 79.9 Å². The lowest BCUT2D eigenvalue weighted by Gasteiger charge is -2.37. The first kappa shape index (κ1) is 38.8. The van der Waals surface area contributed by atoms with E-state index in [0.29, 0.717) is 36.8 Å². The largest absolute Gasteiger partial charge is 0.453 e. The van der Waals surface area contributed by atoms with Crippen LogP contribution >= 0.6 is 11.3 Å². The minimum absolute atomic E-state index is 0.0107. The Labute approximate surface area is 344 Å². The number of nitrogens with two attached hydrogens (primary N) is 1. The third-order valence-corrected chi connectivity index (χ3v) is 14.9. The van der Waals surface area contributed by atoms with Gasteiger partial charge in [-0.05, 0) is 121 Å². The van der Waals surface area contributed by atoms with Gasteiger partial charge in [-0.15, -0.1) is 11.3 Å². The maximum atomic E-state index is 13.8. The van der Waals surface area contributed by atoms with Crippen molar-refractivity contribution in [2.45, 2.75) is 96.8 Å². The predicted molar refractivity (Wildman–Crippen MR) is 226 cm³/mol. The Morgan fingerprint density at radius 2 is 1.52 bits per heavy atom. The summed E-state index contributed by atoms with van der Waals surface area (Å²) in [5, 5.41) is 2.75. The van der Waals surface area contributed by atoms with Crippen molar-refractivity contribution in [1.29, 1.82) is 0 Å². The molecule has 2 aliphatic heterocycles. The number of H-pyrrole nitrogens is 2. The molecule has 3 aliphatic carbocycles. The number of carbonyl (C=O) groups excluding carboxylic acids is 3. The molecule has 2 saturated carbocycles. The maximum absolute atomic E-state index is 13.8. The van der Waals surface area contributed by atoms with E-state index in [4.69, 9.17) is 20.4 Å². The monoisotopic (exact) mass is 804 g/mol. The molecule has 4 aromatic rings. The van der Waals surface area contributed by atoms with Crippen molar-refractivity contribution in [1.82, 2.24) is 35.1 Å². The molecule has 0 radical (unpaired) electrons. The highest BCUT2D eigenvalue weighted by Gasteiger charge is 2.51. The van der Waals surface area contributed by atoms with Gasteiger partial charge in [0.1, 0.15) is 17.7 Å². The number of amides is 3. The molecule has 3 amide bonds. The normalized spacial score (nSPS) is 26.3. The number of carbonyl (C=O) groups is 3. The van der Waals surface area contributed by atoms with E-state index in [-0.39, 0.29) is 35.7 Å². The molecule has 13 heteroatoms. The summed E-state index contributed by atoms with van der Waals surface area (Å²) in [4.78, 5) is 62.3. The number of imidazole rings is 2. The summed E-state index contributed by atoms with van der Waals surface area (Å²) < 4.78 is 4.82. The van der Waals surface area contributed by atoms with Gasteiger partial charge in [0.2, 0.25) is 11.8 Å². The molecule has 1 aromatic carbocycles. The first-order chi connectivity index (χ1) is 28.0. The van der Waals surface area contributed by atoms with Gasteiger partial charge in [0.25, 0.3) is 0 Å². The Balaban J connectivity index is 0.963. The number of nitrogens with one attached hydrogen (secondary N) is 3. The quantitative estimate of drug-likeness (QED) is 0.127.